The molecule has 0 bridgehead atoms. The number of nitrogens with one attached hydrogen (secondary N) is 1. The number of benzene rings is 2. The lowest BCUT2D eigenvalue weighted by Crippen LogP contribution is -2.15. The maximum absolute atomic E-state index is 12.3. The number of ether oxygens (including phenoxy) is 1. The number of amides is 1. The Hall–Kier alpha value is -2.99. The van der Waals surface area contributed by atoms with Crippen LogP contribution < -0.4 is 5.32 Å². The van der Waals surface area contributed by atoms with Gasteiger partial charge in [-0.25, -0.2) is 9.78 Å². The van der Waals surface area contributed by atoms with Crippen molar-refractivity contribution < 1.29 is 14.3 Å². The summed E-state index contributed by atoms with van der Waals surface area (Å²) in [5.74, 6) is -0.591. The second-order valence-electron chi connectivity index (χ2n) is 5.54. The quantitative estimate of drug-likeness (QED) is 0.665. The monoisotopic (exact) mass is 366 g/mol. The van der Waals surface area contributed by atoms with Crippen molar-refractivity contribution in [3.8, 4) is 10.6 Å². The van der Waals surface area contributed by atoms with Gasteiger partial charge in [-0.3, -0.25) is 4.79 Å². The maximum Gasteiger partial charge on any atom is 0.338 e. The molecule has 0 atom stereocenters. The molecular formula is C20H18N2O3S. The van der Waals surface area contributed by atoms with Crippen LogP contribution in [0.2, 0.25) is 0 Å². The van der Waals surface area contributed by atoms with Gasteiger partial charge >= 0.3 is 5.97 Å². The normalized spacial score (nSPS) is 10.3. The predicted molar refractivity (Wildman–Crippen MR) is 102 cm³/mol. The van der Waals surface area contributed by atoms with Gasteiger partial charge < -0.3 is 10.1 Å². The van der Waals surface area contributed by atoms with Gasteiger partial charge in [0.05, 0.1) is 24.3 Å². The Balaban J connectivity index is 1.64. The first kappa shape index (κ1) is 17.8. The number of hydrogen-bond acceptors (Lipinski definition) is 5. The van der Waals surface area contributed by atoms with Crippen LogP contribution in [0.25, 0.3) is 10.6 Å². The van der Waals surface area contributed by atoms with Gasteiger partial charge in [0.2, 0.25) is 5.91 Å². The summed E-state index contributed by atoms with van der Waals surface area (Å²) < 4.78 is 4.97. The number of anilines is 1. The number of carbonyl (C=O) groups excluding carboxylic acids is 2. The molecule has 0 aliphatic rings. The number of esters is 1. The van der Waals surface area contributed by atoms with E-state index in [1.54, 1.807) is 31.2 Å². The lowest BCUT2D eigenvalue weighted by atomic mass is 10.2. The van der Waals surface area contributed by atoms with Crippen molar-refractivity contribution in [1.29, 1.82) is 0 Å². The lowest BCUT2D eigenvalue weighted by molar-refractivity contribution is -0.115. The molecule has 3 rings (SSSR count). The van der Waals surface area contributed by atoms with Crippen LogP contribution in [-0.2, 0) is 16.0 Å². The summed E-state index contributed by atoms with van der Waals surface area (Å²) in [4.78, 5) is 28.6. The van der Waals surface area contributed by atoms with E-state index >= 15 is 0 Å². The number of thiazole rings is 1. The molecule has 1 N–H and O–H groups in total. The fraction of sp³-hybridized carbons (Fsp3) is 0.150. The van der Waals surface area contributed by atoms with E-state index in [1.165, 1.54) is 11.3 Å². The summed E-state index contributed by atoms with van der Waals surface area (Å²) in [6, 6.07) is 16.5. The zero-order valence-corrected chi connectivity index (χ0v) is 15.1. The molecular weight excluding hydrogens is 348 g/mol. The fourth-order valence-corrected chi connectivity index (χ4v) is 3.24. The Morgan fingerprint density at radius 2 is 1.92 bits per heavy atom. The molecule has 5 nitrogen and oxygen atoms in total. The molecule has 2 aromatic carbocycles. The summed E-state index contributed by atoms with van der Waals surface area (Å²) in [5, 5.41) is 5.57. The third-order valence-electron chi connectivity index (χ3n) is 3.57. The number of hydrogen-bond donors (Lipinski definition) is 1. The summed E-state index contributed by atoms with van der Waals surface area (Å²) in [7, 11) is 0. The van der Waals surface area contributed by atoms with Crippen molar-refractivity contribution in [3.05, 3.63) is 71.2 Å². The summed E-state index contributed by atoms with van der Waals surface area (Å²) in [6.07, 6.45) is 0.174. The lowest BCUT2D eigenvalue weighted by Gasteiger charge is -2.06. The van der Waals surface area contributed by atoms with E-state index in [1.807, 2.05) is 35.7 Å². The standard InChI is InChI=1S/C20H18N2O3S/c1-2-25-20(24)15-9-6-10-16(11-15)21-18(23)12-17-13-26-19(22-17)14-7-4-3-5-8-14/h3-11,13H,2,12H2,1H3,(H,21,23). The van der Waals surface area contributed by atoms with Gasteiger partial charge in [0, 0.05) is 16.6 Å². The zero-order chi connectivity index (χ0) is 18.4. The molecule has 0 unspecified atom stereocenters. The first-order valence-corrected chi connectivity index (χ1v) is 9.10. The molecule has 0 aliphatic heterocycles. The van der Waals surface area contributed by atoms with Crippen LogP contribution in [0.3, 0.4) is 0 Å². The Morgan fingerprint density at radius 3 is 2.69 bits per heavy atom. The van der Waals surface area contributed by atoms with Crippen molar-refractivity contribution >= 4 is 28.9 Å². The minimum Gasteiger partial charge on any atom is -0.462 e. The van der Waals surface area contributed by atoms with Gasteiger partial charge in [-0.15, -0.1) is 11.3 Å². The molecule has 0 saturated carbocycles. The van der Waals surface area contributed by atoms with Crippen LogP contribution in [-0.4, -0.2) is 23.5 Å². The number of carbonyl (C=O) groups is 2. The second kappa shape index (κ2) is 8.40. The van der Waals surface area contributed by atoms with Crippen LogP contribution in [0.15, 0.2) is 60.0 Å². The van der Waals surface area contributed by atoms with Crippen molar-refractivity contribution in [3.63, 3.8) is 0 Å². The van der Waals surface area contributed by atoms with Gasteiger partial charge in [0.15, 0.2) is 0 Å². The van der Waals surface area contributed by atoms with Crippen LogP contribution in [0.5, 0.6) is 0 Å². The molecule has 1 amide bonds. The van der Waals surface area contributed by atoms with Crippen molar-refractivity contribution in [2.75, 3.05) is 11.9 Å². The average molecular weight is 366 g/mol. The van der Waals surface area contributed by atoms with E-state index < -0.39 is 5.97 Å². The Kier molecular flexibility index (Phi) is 5.76. The maximum atomic E-state index is 12.3. The second-order valence-corrected chi connectivity index (χ2v) is 6.39. The molecule has 1 aromatic heterocycles. The van der Waals surface area contributed by atoms with E-state index in [0.29, 0.717) is 23.6 Å². The smallest absolute Gasteiger partial charge is 0.338 e. The van der Waals surface area contributed by atoms with Gasteiger partial charge in [0.25, 0.3) is 0 Å². The first-order valence-electron chi connectivity index (χ1n) is 8.22. The van der Waals surface area contributed by atoms with Gasteiger partial charge in [-0.1, -0.05) is 36.4 Å². The third-order valence-corrected chi connectivity index (χ3v) is 4.51. The highest BCUT2D eigenvalue weighted by Gasteiger charge is 2.11. The van der Waals surface area contributed by atoms with E-state index in [-0.39, 0.29) is 12.3 Å². The summed E-state index contributed by atoms with van der Waals surface area (Å²) in [5.41, 5.74) is 2.71. The Bertz CT molecular complexity index is 906. The largest absolute Gasteiger partial charge is 0.462 e. The van der Waals surface area contributed by atoms with E-state index in [4.69, 9.17) is 4.74 Å². The molecule has 6 heteroatoms. The van der Waals surface area contributed by atoms with Crippen LogP contribution in [0.4, 0.5) is 5.69 Å². The van der Waals surface area contributed by atoms with Crippen LogP contribution in [0.1, 0.15) is 23.0 Å². The first-order chi connectivity index (χ1) is 12.7. The third kappa shape index (κ3) is 4.55. The van der Waals surface area contributed by atoms with E-state index in [0.717, 1.165) is 10.6 Å². The number of aromatic nitrogens is 1. The van der Waals surface area contributed by atoms with Crippen molar-refractivity contribution in [1.82, 2.24) is 4.98 Å². The molecule has 0 saturated heterocycles. The van der Waals surface area contributed by atoms with Crippen LogP contribution in [0, 0.1) is 0 Å². The molecule has 3 aromatic rings. The Labute approximate surface area is 155 Å². The minimum absolute atomic E-state index is 0.174. The van der Waals surface area contributed by atoms with E-state index in [2.05, 4.69) is 10.3 Å². The topological polar surface area (TPSA) is 68.3 Å². The number of rotatable bonds is 6. The van der Waals surface area contributed by atoms with Gasteiger partial charge in [0.1, 0.15) is 5.01 Å². The Morgan fingerprint density at radius 1 is 1.12 bits per heavy atom. The highest BCUT2D eigenvalue weighted by molar-refractivity contribution is 7.13. The van der Waals surface area contributed by atoms with Crippen molar-refractivity contribution in [2.24, 2.45) is 0 Å². The molecule has 0 aliphatic carbocycles. The summed E-state index contributed by atoms with van der Waals surface area (Å²) >= 11 is 1.51. The molecule has 26 heavy (non-hydrogen) atoms. The summed E-state index contributed by atoms with van der Waals surface area (Å²) in [6.45, 7) is 2.06. The minimum atomic E-state index is -0.407. The van der Waals surface area contributed by atoms with Crippen molar-refractivity contribution in [2.45, 2.75) is 13.3 Å². The molecule has 132 valence electrons. The van der Waals surface area contributed by atoms with Gasteiger partial charge in [-0.05, 0) is 25.1 Å². The molecule has 1 heterocycles. The number of nitrogens with zero attached hydrogens (tertiary/aromatic N) is 1. The van der Waals surface area contributed by atoms with E-state index in [9.17, 15) is 9.59 Å². The average Bonchev–Trinajstić information content (AvgIpc) is 3.11. The highest BCUT2D eigenvalue weighted by atomic mass is 32.1. The van der Waals surface area contributed by atoms with Gasteiger partial charge in [-0.2, -0.15) is 0 Å². The van der Waals surface area contributed by atoms with Crippen LogP contribution >= 0.6 is 11.3 Å². The predicted octanol–water partition coefficient (Wildman–Crippen LogP) is 4.17. The zero-order valence-electron chi connectivity index (χ0n) is 14.3. The SMILES string of the molecule is CCOC(=O)c1cccc(NC(=O)Cc2csc(-c3ccccc3)n2)c1. The fourth-order valence-electron chi connectivity index (χ4n) is 2.41. The highest BCUT2D eigenvalue weighted by Crippen LogP contribution is 2.23. The molecule has 0 radical (unpaired) electrons. The molecule has 0 fully saturated rings. The molecule has 0 spiro atoms.